The Morgan fingerprint density at radius 2 is 1.96 bits per heavy atom. The lowest BCUT2D eigenvalue weighted by Crippen LogP contribution is -2.49. The summed E-state index contributed by atoms with van der Waals surface area (Å²) in [5.74, 6) is 0.777. The van der Waals surface area contributed by atoms with Crippen LogP contribution in [0.3, 0.4) is 0 Å². The molecule has 0 radical (unpaired) electrons. The zero-order valence-electron chi connectivity index (χ0n) is 15.1. The quantitative estimate of drug-likeness (QED) is 0.794. The number of ether oxygens (including phenoxy) is 3. The van der Waals surface area contributed by atoms with Crippen molar-refractivity contribution >= 4 is 16.9 Å². The van der Waals surface area contributed by atoms with Gasteiger partial charge in [0.1, 0.15) is 17.1 Å². The summed E-state index contributed by atoms with van der Waals surface area (Å²) in [6.07, 6.45) is -0.0728. The number of aryl methyl sites for hydroxylation is 1. The number of morpholine rings is 1. The molecular formula is C18H22N2O6. The van der Waals surface area contributed by atoms with Crippen molar-refractivity contribution in [3.63, 3.8) is 0 Å². The predicted octanol–water partition coefficient (Wildman–Crippen LogP) is 1.02. The smallest absolute Gasteiger partial charge is 0.340 e. The molecule has 8 heteroatoms. The van der Waals surface area contributed by atoms with Crippen molar-refractivity contribution in [2.45, 2.75) is 13.3 Å². The number of methoxy groups -OCH3 is 2. The Bertz CT molecular complexity index is 870. The number of fused-ring (bicyclic) bond motifs is 1. The van der Waals surface area contributed by atoms with Crippen LogP contribution >= 0.6 is 0 Å². The molecule has 1 fully saturated rings. The van der Waals surface area contributed by atoms with Crippen molar-refractivity contribution in [1.82, 2.24) is 10.4 Å². The minimum Gasteiger partial charge on any atom is -0.496 e. The average Bonchev–Trinajstić information content (AvgIpc) is 2.64. The second kappa shape index (κ2) is 7.76. The fraction of sp³-hybridized carbons (Fsp3) is 0.444. The molecule has 0 saturated carbocycles. The van der Waals surface area contributed by atoms with Gasteiger partial charge in [-0.3, -0.25) is 10.2 Å². The zero-order chi connectivity index (χ0) is 18.7. The fourth-order valence-electron chi connectivity index (χ4n) is 3.02. The highest BCUT2D eigenvalue weighted by Crippen LogP contribution is 2.33. The summed E-state index contributed by atoms with van der Waals surface area (Å²) in [4.78, 5) is 24.8. The summed E-state index contributed by atoms with van der Waals surface area (Å²) < 4.78 is 21.3. The number of nitrogens with one attached hydrogen (secondary N) is 1. The van der Waals surface area contributed by atoms with E-state index in [9.17, 15) is 9.59 Å². The zero-order valence-corrected chi connectivity index (χ0v) is 15.1. The molecule has 0 aliphatic carbocycles. The van der Waals surface area contributed by atoms with Gasteiger partial charge in [-0.05, 0) is 12.5 Å². The summed E-state index contributed by atoms with van der Waals surface area (Å²) in [5, 5.41) is 2.44. The molecule has 0 bridgehead atoms. The number of amides is 1. The molecule has 1 saturated heterocycles. The van der Waals surface area contributed by atoms with Gasteiger partial charge in [-0.2, -0.15) is 0 Å². The molecule has 1 N–H and O–H groups in total. The average molecular weight is 362 g/mol. The number of hydrogen-bond acceptors (Lipinski definition) is 7. The molecule has 2 aromatic rings. The van der Waals surface area contributed by atoms with Gasteiger partial charge in [0.2, 0.25) is 5.91 Å². The molecule has 8 nitrogen and oxygen atoms in total. The third-order valence-electron chi connectivity index (χ3n) is 4.40. The number of hydrazine groups is 1. The van der Waals surface area contributed by atoms with Crippen LogP contribution < -0.4 is 20.5 Å². The molecule has 0 unspecified atom stereocenters. The van der Waals surface area contributed by atoms with E-state index >= 15 is 0 Å². The van der Waals surface area contributed by atoms with E-state index < -0.39 is 5.63 Å². The first-order chi connectivity index (χ1) is 12.5. The van der Waals surface area contributed by atoms with Crippen LogP contribution in [0, 0.1) is 6.92 Å². The normalized spacial score (nSPS) is 15.0. The Hall–Kier alpha value is -2.58. The lowest BCUT2D eigenvalue weighted by atomic mass is 10.0. The lowest BCUT2D eigenvalue weighted by molar-refractivity contribution is -0.127. The first-order valence-corrected chi connectivity index (χ1v) is 8.34. The SMILES string of the molecule is COc1cc(OC)c2c(C)c(CC(=O)NN3CCOCC3)c(=O)oc2c1. The van der Waals surface area contributed by atoms with Gasteiger partial charge in [0.15, 0.2) is 0 Å². The van der Waals surface area contributed by atoms with Crippen LogP contribution in [0.2, 0.25) is 0 Å². The van der Waals surface area contributed by atoms with Crippen molar-refractivity contribution < 1.29 is 23.4 Å². The van der Waals surface area contributed by atoms with E-state index in [-0.39, 0.29) is 12.3 Å². The first kappa shape index (κ1) is 18.2. The highest BCUT2D eigenvalue weighted by atomic mass is 16.5. The molecule has 1 aliphatic heterocycles. The molecule has 0 atom stereocenters. The number of hydrogen-bond donors (Lipinski definition) is 1. The second-order valence-corrected chi connectivity index (χ2v) is 6.01. The Labute approximate surface area is 150 Å². The maximum Gasteiger partial charge on any atom is 0.340 e. The second-order valence-electron chi connectivity index (χ2n) is 6.01. The monoisotopic (exact) mass is 362 g/mol. The van der Waals surface area contributed by atoms with Crippen LogP contribution in [0.1, 0.15) is 11.1 Å². The standard InChI is InChI=1S/C18H22N2O6/c1-11-13(10-16(21)19-20-4-6-25-7-5-20)18(22)26-15-9-12(23-2)8-14(24-3)17(11)15/h8-9H,4-7,10H2,1-3H3,(H,19,21). The van der Waals surface area contributed by atoms with Crippen LogP contribution in [0.4, 0.5) is 0 Å². The van der Waals surface area contributed by atoms with Gasteiger partial charge in [-0.25, -0.2) is 9.80 Å². The molecular weight excluding hydrogens is 340 g/mol. The summed E-state index contributed by atoms with van der Waals surface area (Å²) in [7, 11) is 3.06. The van der Waals surface area contributed by atoms with Gasteiger partial charge in [0.25, 0.3) is 0 Å². The van der Waals surface area contributed by atoms with E-state index in [0.717, 1.165) is 0 Å². The van der Waals surface area contributed by atoms with Crippen LogP contribution in [0.25, 0.3) is 11.0 Å². The van der Waals surface area contributed by atoms with Crippen molar-refractivity contribution in [3.8, 4) is 11.5 Å². The van der Waals surface area contributed by atoms with Gasteiger partial charge < -0.3 is 18.6 Å². The highest BCUT2D eigenvalue weighted by molar-refractivity contribution is 5.90. The predicted molar refractivity (Wildman–Crippen MR) is 94.6 cm³/mol. The van der Waals surface area contributed by atoms with Crippen molar-refractivity contribution in [2.75, 3.05) is 40.5 Å². The van der Waals surface area contributed by atoms with Gasteiger partial charge in [-0.1, -0.05) is 0 Å². The van der Waals surface area contributed by atoms with Crippen molar-refractivity contribution in [1.29, 1.82) is 0 Å². The van der Waals surface area contributed by atoms with E-state index in [1.807, 2.05) is 0 Å². The summed E-state index contributed by atoms with van der Waals surface area (Å²) in [6, 6.07) is 3.34. The molecule has 3 rings (SSSR count). The van der Waals surface area contributed by atoms with Crippen LogP contribution in [0.5, 0.6) is 11.5 Å². The Kier molecular flexibility index (Phi) is 5.43. The molecule has 26 heavy (non-hydrogen) atoms. The largest absolute Gasteiger partial charge is 0.496 e. The lowest BCUT2D eigenvalue weighted by Gasteiger charge is -2.26. The van der Waals surface area contributed by atoms with Gasteiger partial charge in [0, 0.05) is 25.2 Å². The molecule has 0 spiro atoms. The Balaban J connectivity index is 1.93. The maximum atomic E-state index is 12.4. The Morgan fingerprint density at radius 3 is 2.62 bits per heavy atom. The van der Waals surface area contributed by atoms with E-state index in [0.29, 0.717) is 59.9 Å². The number of benzene rings is 1. The third-order valence-corrected chi connectivity index (χ3v) is 4.40. The van der Waals surface area contributed by atoms with Crippen LogP contribution in [0.15, 0.2) is 21.3 Å². The number of carbonyl (C=O) groups is 1. The van der Waals surface area contributed by atoms with Gasteiger partial charge in [0.05, 0.1) is 44.8 Å². The summed E-state index contributed by atoms with van der Waals surface area (Å²) in [5.41, 5.74) is 3.59. The van der Waals surface area contributed by atoms with Crippen molar-refractivity contribution in [2.24, 2.45) is 0 Å². The van der Waals surface area contributed by atoms with Crippen molar-refractivity contribution in [3.05, 3.63) is 33.7 Å². The highest BCUT2D eigenvalue weighted by Gasteiger charge is 2.20. The molecule has 1 aromatic carbocycles. The first-order valence-electron chi connectivity index (χ1n) is 8.34. The minimum absolute atomic E-state index is 0.0728. The van der Waals surface area contributed by atoms with E-state index in [4.69, 9.17) is 18.6 Å². The van der Waals surface area contributed by atoms with Crippen LogP contribution in [-0.2, 0) is 16.0 Å². The number of nitrogens with zero attached hydrogens (tertiary/aromatic N) is 1. The molecule has 1 aromatic heterocycles. The van der Waals surface area contributed by atoms with E-state index in [1.54, 1.807) is 24.1 Å². The summed E-state index contributed by atoms with van der Waals surface area (Å²) in [6.45, 7) is 4.15. The molecule has 2 heterocycles. The number of rotatable bonds is 5. The fourth-order valence-corrected chi connectivity index (χ4v) is 3.02. The van der Waals surface area contributed by atoms with E-state index in [2.05, 4.69) is 5.43 Å². The number of carbonyl (C=O) groups excluding carboxylic acids is 1. The molecule has 1 amide bonds. The minimum atomic E-state index is -0.539. The van der Waals surface area contributed by atoms with Gasteiger partial charge >= 0.3 is 5.63 Å². The maximum absolute atomic E-state index is 12.4. The molecule has 140 valence electrons. The van der Waals surface area contributed by atoms with E-state index in [1.165, 1.54) is 14.2 Å². The molecule has 1 aliphatic rings. The topological polar surface area (TPSA) is 90.2 Å². The Morgan fingerprint density at radius 1 is 1.23 bits per heavy atom. The third kappa shape index (κ3) is 3.66. The summed E-state index contributed by atoms with van der Waals surface area (Å²) >= 11 is 0. The van der Waals surface area contributed by atoms with Gasteiger partial charge in [-0.15, -0.1) is 0 Å². The van der Waals surface area contributed by atoms with Crippen LogP contribution in [-0.4, -0.2) is 51.4 Å².